The Balaban J connectivity index is 3.80. The number of hydrogen-bond donors (Lipinski definition) is 1. The van der Waals surface area contributed by atoms with Crippen LogP contribution in [0, 0.1) is 5.92 Å². The Morgan fingerprint density at radius 3 is 2.50 bits per heavy atom. The molecule has 0 aromatic rings. The molecule has 0 aliphatic rings. The second-order valence-corrected chi connectivity index (χ2v) is 2.67. The highest BCUT2D eigenvalue weighted by Gasteiger charge is 1.99. The van der Waals surface area contributed by atoms with Crippen LogP contribution >= 0.6 is 11.6 Å². The zero-order valence-corrected chi connectivity index (χ0v) is 6.85. The van der Waals surface area contributed by atoms with Crippen molar-refractivity contribution in [3.05, 3.63) is 0 Å². The van der Waals surface area contributed by atoms with Gasteiger partial charge in [-0.25, -0.2) is 0 Å². The standard InChI is InChI=1S/C6H11ClN2O/c1-4(2)6(8)9-3-5(7)10/h4H,3H2,1-2H3,(H2,8,9). The summed E-state index contributed by atoms with van der Waals surface area (Å²) in [5.74, 6) is 0.644. The summed E-state index contributed by atoms with van der Waals surface area (Å²) in [6, 6.07) is 0. The van der Waals surface area contributed by atoms with Gasteiger partial charge in [-0.1, -0.05) is 13.8 Å². The lowest BCUT2D eigenvalue weighted by Gasteiger charge is -2.01. The average molecular weight is 163 g/mol. The molecule has 0 unspecified atom stereocenters. The highest BCUT2D eigenvalue weighted by Crippen LogP contribution is 1.91. The molecule has 0 rings (SSSR count). The third-order valence-electron chi connectivity index (χ3n) is 0.977. The summed E-state index contributed by atoms with van der Waals surface area (Å²) >= 11 is 5.02. The first kappa shape index (κ1) is 9.43. The molecule has 0 radical (unpaired) electrons. The fraction of sp³-hybridized carbons (Fsp3) is 0.667. The SMILES string of the molecule is CC(C)C(N)=NCC(=O)Cl. The predicted molar refractivity (Wildman–Crippen MR) is 42.2 cm³/mol. The van der Waals surface area contributed by atoms with E-state index in [4.69, 9.17) is 17.3 Å². The first-order valence-corrected chi connectivity index (χ1v) is 3.40. The molecular weight excluding hydrogens is 152 g/mol. The normalized spacial score (nSPS) is 12.2. The van der Waals surface area contributed by atoms with Gasteiger partial charge in [-0.3, -0.25) is 9.79 Å². The highest BCUT2D eigenvalue weighted by molar-refractivity contribution is 6.64. The van der Waals surface area contributed by atoms with Gasteiger partial charge in [0.1, 0.15) is 6.54 Å². The van der Waals surface area contributed by atoms with Crippen LogP contribution in [0.15, 0.2) is 4.99 Å². The number of nitrogens with zero attached hydrogens (tertiary/aromatic N) is 1. The maximum atomic E-state index is 10.2. The van der Waals surface area contributed by atoms with Gasteiger partial charge in [0, 0.05) is 5.92 Å². The second-order valence-electron chi connectivity index (χ2n) is 2.25. The van der Waals surface area contributed by atoms with Crippen molar-refractivity contribution in [2.24, 2.45) is 16.6 Å². The van der Waals surface area contributed by atoms with Crippen LogP contribution in [0.4, 0.5) is 0 Å². The van der Waals surface area contributed by atoms with Crippen LogP contribution in [-0.2, 0) is 4.79 Å². The van der Waals surface area contributed by atoms with Crippen LogP contribution in [0.3, 0.4) is 0 Å². The molecule has 0 fully saturated rings. The van der Waals surface area contributed by atoms with Crippen LogP contribution in [-0.4, -0.2) is 17.6 Å². The fourth-order valence-corrected chi connectivity index (χ4v) is 0.396. The van der Waals surface area contributed by atoms with Gasteiger partial charge in [-0.2, -0.15) is 0 Å². The van der Waals surface area contributed by atoms with Crippen LogP contribution in [0.25, 0.3) is 0 Å². The monoisotopic (exact) mass is 162 g/mol. The predicted octanol–water partition coefficient (Wildman–Crippen LogP) is 0.765. The molecule has 0 amide bonds. The van der Waals surface area contributed by atoms with Gasteiger partial charge in [0.15, 0.2) is 0 Å². The largest absolute Gasteiger partial charge is 0.387 e. The summed E-state index contributed by atoms with van der Waals surface area (Å²) < 4.78 is 0. The van der Waals surface area contributed by atoms with Crippen LogP contribution < -0.4 is 5.73 Å². The molecule has 0 aromatic heterocycles. The molecular formula is C6H11ClN2O. The number of carbonyl (C=O) groups excluding carboxylic acids is 1. The molecule has 0 aliphatic heterocycles. The Morgan fingerprint density at radius 2 is 2.20 bits per heavy atom. The zero-order chi connectivity index (χ0) is 8.15. The first-order chi connectivity index (χ1) is 4.54. The lowest BCUT2D eigenvalue weighted by atomic mass is 10.2. The summed E-state index contributed by atoms with van der Waals surface area (Å²) in [4.78, 5) is 13.9. The lowest BCUT2D eigenvalue weighted by Crippen LogP contribution is -2.19. The molecule has 0 aliphatic carbocycles. The van der Waals surface area contributed by atoms with E-state index in [9.17, 15) is 4.79 Å². The Morgan fingerprint density at radius 1 is 1.70 bits per heavy atom. The molecule has 0 spiro atoms. The third-order valence-corrected chi connectivity index (χ3v) is 1.10. The van der Waals surface area contributed by atoms with E-state index in [2.05, 4.69) is 4.99 Å². The molecule has 0 bridgehead atoms. The van der Waals surface area contributed by atoms with Crippen molar-refractivity contribution in [2.45, 2.75) is 13.8 Å². The van der Waals surface area contributed by atoms with Crippen LogP contribution in [0.2, 0.25) is 0 Å². The molecule has 0 aromatic carbocycles. The van der Waals surface area contributed by atoms with Crippen molar-refractivity contribution < 1.29 is 4.79 Å². The highest BCUT2D eigenvalue weighted by atomic mass is 35.5. The third kappa shape index (κ3) is 4.32. The summed E-state index contributed by atoms with van der Waals surface area (Å²) in [6.07, 6.45) is 0. The van der Waals surface area contributed by atoms with Crippen molar-refractivity contribution >= 4 is 22.7 Å². The van der Waals surface area contributed by atoms with E-state index in [0.717, 1.165) is 0 Å². The molecule has 0 atom stereocenters. The minimum absolute atomic E-state index is 0.0223. The van der Waals surface area contributed by atoms with Gasteiger partial charge in [-0.05, 0) is 11.6 Å². The number of rotatable bonds is 3. The van der Waals surface area contributed by atoms with E-state index >= 15 is 0 Å². The van der Waals surface area contributed by atoms with Crippen LogP contribution in [0.1, 0.15) is 13.8 Å². The number of carbonyl (C=O) groups is 1. The number of halogens is 1. The molecule has 3 nitrogen and oxygen atoms in total. The van der Waals surface area contributed by atoms with Crippen molar-refractivity contribution in [1.82, 2.24) is 0 Å². The topological polar surface area (TPSA) is 55.4 Å². The first-order valence-electron chi connectivity index (χ1n) is 3.02. The Hall–Kier alpha value is -0.570. The van der Waals surface area contributed by atoms with Gasteiger partial charge < -0.3 is 5.73 Å². The van der Waals surface area contributed by atoms with E-state index < -0.39 is 5.24 Å². The Kier molecular flexibility index (Phi) is 4.03. The summed E-state index contributed by atoms with van der Waals surface area (Å²) in [5, 5.41) is -0.483. The quantitative estimate of drug-likeness (QED) is 0.379. The average Bonchev–Trinajstić information content (AvgIpc) is 1.82. The zero-order valence-electron chi connectivity index (χ0n) is 6.10. The smallest absolute Gasteiger partial charge is 0.243 e. The molecule has 58 valence electrons. The number of amidine groups is 1. The minimum Gasteiger partial charge on any atom is -0.387 e. The Bertz CT molecular complexity index is 154. The fourth-order valence-electron chi connectivity index (χ4n) is 0.336. The molecule has 10 heavy (non-hydrogen) atoms. The Labute approximate surface area is 65.3 Å². The molecule has 0 heterocycles. The van der Waals surface area contributed by atoms with Gasteiger partial charge in [-0.15, -0.1) is 0 Å². The van der Waals surface area contributed by atoms with E-state index in [-0.39, 0.29) is 12.5 Å². The summed E-state index contributed by atoms with van der Waals surface area (Å²) in [7, 11) is 0. The van der Waals surface area contributed by atoms with Crippen molar-refractivity contribution in [3.8, 4) is 0 Å². The van der Waals surface area contributed by atoms with Crippen LogP contribution in [0.5, 0.6) is 0 Å². The van der Waals surface area contributed by atoms with Crippen molar-refractivity contribution in [3.63, 3.8) is 0 Å². The number of aliphatic imine (C=N–C) groups is 1. The van der Waals surface area contributed by atoms with Gasteiger partial charge in [0.05, 0.1) is 5.84 Å². The number of hydrogen-bond acceptors (Lipinski definition) is 2. The summed E-state index contributed by atoms with van der Waals surface area (Å²) in [5.41, 5.74) is 5.40. The molecule has 2 N–H and O–H groups in total. The van der Waals surface area contributed by atoms with E-state index in [0.29, 0.717) is 5.84 Å². The molecule has 0 saturated heterocycles. The van der Waals surface area contributed by atoms with Gasteiger partial charge in [0.2, 0.25) is 5.24 Å². The van der Waals surface area contributed by atoms with Crippen molar-refractivity contribution in [1.29, 1.82) is 0 Å². The van der Waals surface area contributed by atoms with E-state index in [1.807, 2.05) is 13.8 Å². The molecule has 0 saturated carbocycles. The lowest BCUT2D eigenvalue weighted by molar-refractivity contribution is -0.110. The molecule has 4 heteroatoms. The maximum absolute atomic E-state index is 10.2. The van der Waals surface area contributed by atoms with E-state index in [1.54, 1.807) is 0 Å². The minimum atomic E-state index is -0.483. The van der Waals surface area contributed by atoms with Crippen molar-refractivity contribution in [2.75, 3.05) is 6.54 Å². The van der Waals surface area contributed by atoms with E-state index in [1.165, 1.54) is 0 Å². The number of nitrogens with two attached hydrogens (primary N) is 1. The summed E-state index contributed by atoms with van der Waals surface area (Å²) in [6.45, 7) is 3.78. The van der Waals surface area contributed by atoms with Gasteiger partial charge in [0.25, 0.3) is 0 Å². The second kappa shape index (κ2) is 4.28. The van der Waals surface area contributed by atoms with Gasteiger partial charge >= 0.3 is 0 Å². The maximum Gasteiger partial charge on any atom is 0.243 e.